The molecule has 0 atom stereocenters. The van der Waals surface area contributed by atoms with Crippen molar-refractivity contribution in [1.29, 1.82) is 0 Å². The summed E-state index contributed by atoms with van der Waals surface area (Å²) in [5.74, 6) is -44.9. The van der Waals surface area contributed by atoms with Crippen molar-refractivity contribution in [1.82, 2.24) is 0 Å². The minimum absolute atomic E-state index is 0.330. The Morgan fingerprint density at radius 3 is 0.850 bits per heavy atom. The first-order chi connectivity index (χ1) is 28.4. The zero-order chi connectivity index (χ0) is 43.6. The normalized spacial score (nSPS) is 12.0. The lowest BCUT2D eigenvalue weighted by molar-refractivity contribution is 0.402. The largest absolute Gasteiger partial charge is 0.207 e. The van der Waals surface area contributed by atoms with Gasteiger partial charge in [-0.1, -0.05) is 109 Å². The molecule has 0 bridgehead atoms. The van der Waals surface area contributed by atoms with Gasteiger partial charge in [0.25, 0.3) is 0 Å². The fourth-order valence-corrected chi connectivity index (χ4v) is 8.11. The van der Waals surface area contributed by atoms with E-state index in [-0.39, 0.29) is 16.7 Å². The first-order valence-electron chi connectivity index (χ1n) is 17.1. The predicted molar refractivity (Wildman–Crippen MR) is 188 cm³/mol. The second-order valence-electron chi connectivity index (χ2n) is 13.4. The Morgan fingerprint density at radius 1 is 0.283 bits per heavy atom. The van der Waals surface area contributed by atoms with Crippen molar-refractivity contribution in [2.24, 2.45) is 0 Å². The molecule has 0 unspecified atom stereocenters. The average Bonchev–Trinajstić information content (AvgIpc) is 3.26. The van der Waals surface area contributed by atoms with Crippen molar-refractivity contribution in [2.45, 2.75) is 5.41 Å². The van der Waals surface area contributed by atoms with Crippen LogP contribution in [-0.2, 0) is 5.41 Å². The molecular formula is C43H18BF16-. The second kappa shape index (κ2) is 15.3. The van der Waals surface area contributed by atoms with Crippen LogP contribution in [0.25, 0.3) is 0 Å². The molecule has 0 aromatic heterocycles. The van der Waals surface area contributed by atoms with E-state index in [1.165, 1.54) is 54.6 Å². The highest BCUT2D eigenvalue weighted by Crippen LogP contribution is 2.47. The Morgan fingerprint density at radius 2 is 0.550 bits per heavy atom. The van der Waals surface area contributed by atoms with Gasteiger partial charge in [0.05, 0.1) is 5.41 Å². The smallest absolute Gasteiger partial charge is 0.197 e. The zero-order valence-electron chi connectivity index (χ0n) is 29.5. The maximum absolute atomic E-state index is 17.7. The van der Waals surface area contributed by atoms with E-state index in [4.69, 9.17) is 0 Å². The lowest BCUT2D eigenvalue weighted by atomic mass is 9.12. The van der Waals surface area contributed by atoms with Crippen LogP contribution in [0.1, 0.15) is 22.3 Å². The van der Waals surface area contributed by atoms with Crippen molar-refractivity contribution < 1.29 is 70.2 Å². The fourth-order valence-electron chi connectivity index (χ4n) is 8.11. The Kier molecular flexibility index (Phi) is 10.6. The molecule has 306 valence electrons. The molecule has 7 rings (SSSR count). The third-order valence-electron chi connectivity index (χ3n) is 10.5. The Bertz CT molecular complexity index is 2580. The summed E-state index contributed by atoms with van der Waals surface area (Å²) in [6.45, 7) is 0. The van der Waals surface area contributed by atoms with Crippen LogP contribution in [0.5, 0.6) is 0 Å². The molecule has 7 aromatic rings. The SMILES string of the molecule is Fc1cc([B-](c2cc(F)c(F)c(F)c2F)(c2cc(F)c(F)c(F)c2F)c2c(F)c(F)c(F)c(F)c2C(c2ccccc2)(c2ccccc2)c2ccccc2)c(F)c(F)c1F. The highest BCUT2D eigenvalue weighted by Gasteiger charge is 2.52. The highest BCUT2D eigenvalue weighted by atomic mass is 19.2. The Labute approximate surface area is 327 Å². The quantitative estimate of drug-likeness (QED) is 0.0470. The maximum atomic E-state index is 17.7. The van der Waals surface area contributed by atoms with Gasteiger partial charge >= 0.3 is 0 Å². The Balaban J connectivity index is 1.97. The van der Waals surface area contributed by atoms with E-state index >= 15 is 57.1 Å². The topological polar surface area (TPSA) is 0 Å². The molecule has 0 aliphatic rings. The average molecular weight is 849 g/mol. The molecule has 0 spiro atoms. The minimum atomic E-state index is -6.01. The molecule has 0 aliphatic carbocycles. The molecule has 0 nitrogen and oxygen atoms in total. The molecule has 0 saturated carbocycles. The van der Waals surface area contributed by atoms with Gasteiger partial charge in [0, 0.05) is 0 Å². The van der Waals surface area contributed by atoms with Crippen LogP contribution < -0.4 is 21.9 Å². The molecule has 0 amide bonds. The molecule has 60 heavy (non-hydrogen) atoms. The highest BCUT2D eigenvalue weighted by molar-refractivity contribution is 7.20. The van der Waals surface area contributed by atoms with Crippen molar-refractivity contribution in [2.75, 3.05) is 0 Å². The van der Waals surface area contributed by atoms with E-state index in [0.29, 0.717) is 0 Å². The van der Waals surface area contributed by atoms with Gasteiger partial charge in [-0.2, -0.15) is 16.4 Å². The molecule has 0 saturated heterocycles. The van der Waals surface area contributed by atoms with Crippen molar-refractivity contribution >= 4 is 28.0 Å². The van der Waals surface area contributed by atoms with Crippen LogP contribution in [-0.4, -0.2) is 6.15 Å². The van der Waals surface area contributed by atoms with Crippen LogP contribution >= 0.6 is 0 Å². The molecule has 7 aromatic carbocycles. The van der Waals surface area contributed by atoms with Crippen LogP contribution in [0.15, 0.2) is 109 Å². The van der Waals surface area contributed by atoms with Crippen LogP contribution in [0.3, 0.4) is 0 Å². The molecule has 0 radical (unpaired) electrons. The molecular weight excluding hydrogens is 831 g/mol. The summed E-state index contributed by atoms with van der Waals surface area (Å²) in [7, 11) is 0. The van der Waals surface area contributed by atoms with Crippen molar-refractivity contribution in [3.8, 4) is 0 Å². The van der Waals surface area contributed by atoms with E-state index in [1.54, 1.807) is 0 Å². The first-order valence-corrected chi connectivity index (χ1v) is 17.1. The number of hydrogen-bond acceptors (Lipinski definition) is 0. The molecule has 0 aliphatic heterocycles. The monoisotopic (exact) mass is 849 g/mol. The van der Waals surface area contributed by atoms with Gasteiger partial charge in [-0.05, 0) is 22.3 Å². The van der Waals surface area contributed by atoms with E-state index in [2.05, 4.69) is 0 Å². The van der Waals surface area contributed by atoms with Crippen LogP contribution in [0.2, 0.25) is 0 Å². The van der Waals surface area contributed by atoms with Crippen LogP contribution in [0, 0.1) is 93.1 Å². The summed E-state index contributed by atoms with van der Waals surface area (Å²) in [5.41, 5.74) is -14.8. The van der Waals surface area contributed by atoms with Gasteiger partial charge in [-0.3, -0.25) is 0 Å². The molecule has 0 N–H and O–H groups in total. The third kappa shape index (κ3) is 5.87. The third-order valence-corrected chi connectivity index (χ3v) is 10.5. The second-order valence-corrected chi connectivity index (χ2v) is 13.4. The molecule has 0 fully saturated rings. The van der Waals surface area contributed by atoms with E-state index in [9.17, 15) is 13.2 Å². The van der Waals surface area contributed by atoms with Crippen molar-refractivity contribution in [3.63, 3.8) is 0 Å². The van der Waals surface area contributed by atoms with Crippen LogP contribution in [0.4, 0.5) is 70.2 Å². The van der Waals surface area contributed by atoms with Gasteiger partial charge < -0.3 is 0 Å². The number of benzene rings is 7. The van der Waals surface area contributed by atoms with E-state index < -0.39 is 150 Å². The standard InChI is InChI=1S/C43H18BF16/c45-25-16-22(30(48)38(56)33(25)51)44(23-17-26(46)34(52)39(57)31(23)49,24-18-27(47)35(53)40(58)32(24)50)29-28(36(54)41(59)42(60)37(29)55)43(19-10-4-1-5-11-19,20-12-6-2-7-13-20)21-14-8-3-9-15-21/h1-18H/q-1. The summed E-state index contributed by atoms with van der Waals surface area (Å²) in [6.07, 6.45) is -6.01. The van der Waals surface area contributed by atoms with Gasteiger partial charge in [0.15, 0.2) is 69.8 Å². The number of halogens is 16. The number of hydrogen-bond donors (Lipinski definition) is 0. The first kappa shape index (κ1) is 41.6. The predicted octanol–water partition coefficient (Wildman–Crippen LogP) is 9.67. The Hall–Kier alpha value is -6.52. The lowest BCUT2D eigenvalue weighted by Gasteiger charge is -2.49. The molecule has 0 heterocycles. The van der Waals surface area contributed by atoms with E-state index in [1.807, 2.05) is 0 Å². The van der Waals surface area contributed by atoms with Crippen molar-refractivity contribution in [3.05, 3.63) is 225 Å². The number of rotatable bonds is 8. The fraction of sp³-hybridized carbons (Fsp3) is 0.0233. The summed E-state index contributed by atoms with van der Waals surface area (Å²) < 4.78 is 255. The summed E-state index contributed by atoms with van der Waals surface area (Å²) in [5, 5.41) is 0. The van der Waals surface area contributed by atoms with Gasteiger partial charge in [0.2, 0.25) is 0 Å². The van der Waals surface area contributed by atoms with Gasteiger partial charge in [-0.15, -0.1) is 5.46 Å². The lowest BCUT2D eigenvalue weighted by Crippen LogP contribution is -2.79. The van der Waals surface area contributed by atoms with Gasteiger partial charge in [0.1, 0.15) is 29.4 Å². The summed E-state index contributed by atoms with van der Waals surface area (Å²) in [6, 6.07) is 16.8. The zero-order valence-corrected chi connectivity index (χ0v) is 29.5. The minimum Gasteiger partial charge on any atom is -0.207 e. The van der Waals surface area contributed by atoms with E-state index in [0.717, 1.165) is 36.4 Å². The maximum Gasteiger partial charge on any atom is 0.197 e. The van der Waals surface area contributed by atoms with Gasteiger partial charge in [-0.25, -0.2) is 70.2 Å². The summed E-state index contributed by atoms with van der Waals surface area (Å²) >= 11 is 0. The summed E-state index contributed by atoms with van der Waals surface area (Å²) in [4.78, 5) is 0. The molecule has 17 heteroatoms.